The van der Waals surface area contributed by atoms with Gasteiger partial charge in [0.25, 0.3) is 0 Å². The zero-order valence-corrected chi connectivity index (χ0v) is 13.8. The highest BCUT2D eigenvalue weighted by atomic mass is 19.1. The minimum absolute atomic E-state index is 0.0431. The number of methoxy groups -OCH3 is 3. The van der Waals surface area contributed by atoms with Crippen LogP contribution in [-0.2, 0) is 0 Å². The summed E-state index contributed by atoms with van der Waals surface area (Å²) >= 11 is 0. The fraction of sp³-hybridized carbons (Fsp3) is 0.375. The first-order valence-electron chi connectivity index (χ1n) is 7.09. The van der Waals surface area contributed by atoms with Crippen molar-refractivity contribution in [3.63, 3.8) is 0 Å². The average molecular weight is 321 g/mol. The number of hydrogen-bond donors (Lipinski definition) is 1. The van der Waals surface area contributed by atoms with Gasteiger partial charge in [0.15, 0.2) is 23.1 Å². The summed E-state index contributed by atoms with van der Waals surface area (Å²) in [6.07, 6.45) is 1.33. The third kappa shape index (κ3) is 3.44. The standard InChI is InChI=1S/C16H20FN3O3/c1-9(2)14-13(17)16(19-8-18-14)20-10-6-11(21-3)15(23-5)12(7-10)22-4/h6-9H,1-5H3,(H,18,19,20). The molecule has 0 spiro atoms. The fourth-order valence-electron chi connectivity index (χ4n) is 2.16. The zero-order valence-electron chi connectivity index (χ0n) is 13.8. The number of nitrogens with one attached hydrogen (secondary N) is 1. The molecule has 0 atom stereocenters. The van der Waals surface area contributed by atoms with Gasteiger partial charge in [0.1, 0.15) is 6.33 Å². The first kappa shape index (κ1) is 16.8. The van der Waals surface area contributed by atoms with E-state index in [1.54, 1.807) is 12.1 Å². The van der Waals surface area contributed by atoms with Crippen LogP contribution < -0.4 is 19.5 Å². The lowest BCUT2D eigenvalue weighted by Crippen LogP contribution is -2.05. The van der Waals surface area contributed by atoms with Crippen molar-refractivity contribution in [3.8, 4) is 17.2 Å². The van der Waals surface area contributed by atoms with E-state index in [2.05, 4.69) is 15.3 Å². The Kier molecular flexibility index (Phi) is 5.20. The lowest BCUT2D eigenvalue weighted by Gasteiger charge is -2.15. The van der Waals surface area contributed by atoms with Crippen molar-refractivity contribution in [2.24, 2.45) is 0 Å². The van der Waals surface area contributed by atoms with E-state index in [-0.39, 0.29) is 11.7 Å². The second-order valence-electron chi connectivity index (χ2n) is 5.12. The van der Waals surface area contributed by atoms with E-state index in [0.29, 0.717) is 28.6 Å². The zero-order chi connectivity index (χ0) is 17.0. The molecule has 0 aliphatic rings. The molecule has 0 fully saturated rings. The van der Waals surface area contributed by atoms with E-state index in [4.69, 9.17) is 14.2 Å². The topological polar surface area (TPSA) is 65.5 Å². The Labute approximate surface area is 134 Å². The van der Waals surface area contributed by atoms with Gasteiger partial charge in [0, 0.05) is 17.8 Å². The molecule has 6 nitrogen and oxygen atoms in total. The van der Waals surface area contributed by atoms with Crippen molar-refractivity contribution >= 4 is 11.5 Å². The maximum Gasteiger partial charge on any atom is 0.203 e. The van der Waals surface area contributed by atoms with Crippen molar-refractivity contribution in [3.05, 3.63) is 30.0 Å². The molecule has 0 amide bonds. The molecule has 0 aliphatic heterocycles. The number of nitrogens with zero attached hydrogens (tertiary/aromatic N) is 2. The van der Waals surface area contributed by atoms with Crippen LogP contribution in [0.1, 0.15) is 25.5 Å². The Hall–Kier alpha value is -2.57. The summed E-state index contributed by atoms with van der Waals surface area (Å²) in [4.78, 5) is 7.94. The number of anilines is 2. The average Bonchev–Trinajstić information content (AvgIpc) is 2.55. The normalized spacial score (nSPS) is 10.6. The van der Waals surface area contributed by atoms with E-state index < -0.39 is 5.82 Å². The maximum absolute atomic E-state index is 14.4. The molecule has 0 radical (unpaired) electrons. The second kappa shape index (κ2) is 7.13. The quantitative estimate of drug-likeness (QED) is 0.878. The molecule has 1 N–H and O–H groups in total. The smallest absolute Gasteiger partial charge is 0.203 e. The van der Waals surface area contributed by atoms with Crippen LogP contribution in [0.25, 0.3) is 0 Å². The molecule has 0 saturated heterocycles. The van der Waals surface area contributed by atoms with Crippen LogP contribution in [0.5, 0.6) is 17.2 Å². The van der Waals surface area contributed by atoms with E-state index >= 15 is 0 Å². The van der Waals surface area contributed by atoms with Gasteiger partial charge in [0.2, 0.25) is 5.75 Å². The van der Waals surface area contributed by atoms with Crippen LogP contribution in [-0.4, -0.2) is 31.3 Å². The first-order chi connectivity index (χ1) is 11.0. The van der Waals surface area contributed by atoms with Gasteiger partial charge >= 0.3 is 0 Å². The van der Waals surface area contributed by atoms with Gasteiger partial charge in [-0.15, -0.1) is 0 Å². The molecule has 1 aromatic heterocycles. The highest BCUT2D eigenvalue weighted by Gasteiger charge is 2.17. The Morgan fingerprint density at radius 3 is 2.09 bits per heavy atom. The lowest BCUT2D eigenvalue weighted by atomic mass is 10.1. The van der Waals surface area contributed by atoms with Gasteiger partial charge < -0.3 is 19.5 Å². The molecule has 0 saturated carbocycles. The number of hydrogen-bond acceptors (Lipinski definition) is 6. The fourth-order valence-corrected chi connectivity index (χ4v) is 2.16. The lowest BCUT2D eigenvalue weighted by molar-refractivity contribution is 0.324. The van der Waals surface area contributed by atoms with E-state index in [9.17, 15) is 4.39 Å². The largest absolute Gasteiger partial charge is 0.493 e. The number of benzene rings is 1. The summed E-state index contributed by atoms with van der Waals surface area (Å²) in [6, 6.07) is 3.36. The molecule has 2 rings (SSSR count). The minimum Gasteiger partial charge on any atom is -0.493 e. The summed E-state index contributed by atoms with van der Waals surface area (Å²) in [5, 5.41) is 2.93. The molecular formula is C16H20FN3O3. The third-order valence-corrected chi connectivity index (χ3v) is 3.29. The van der Waals surface area contributed by atoms with Crippen molar-refractivity contribution in [1.82, 2.24) is 9.97 Å². The SMILES string of the molecule is COc1cc(Nc2ncnc(C(C)C)c2F)cc(OC)c1OC. The minimum atomic E-state index is -0.476. The molecular weight excluding hydrogens is 301 g/mol. The summed E-state index contributed by atoms with van der Waals surface area (Å²) in [6.45, 7) is 3.74. The van der Waals surface area contributed by atoms with E-state index in [1.165, 1.54) is 27.7 Å². The Morgan fingerprint density at radius 1 is 1.00 bits per heavy atom. The van der Waals surface area contributed by atoms with Crippen LogP contribution in [0, 0.1) is 5.82 Å². The van der Waals surface area contributed by atoms with Crippen LogP contribution in [0.15, 0.2) is 18.5 Å². The van der Waals surface area contributed by atoms with Crippen LogP contribution in [0.3, 0.4) is 0 Å². The van der Waals surface area contributed by atoms with Gasteiger partial charge in [-0.2, -0.15) is 0 Å². The third-order valence-electron chi connectivity index (χ3n) is 3.29. The molecule has 7 heteroatoms. The molecule has 1 heterocycles. The molecule has 0 bridgehead atoms. The molecule has 0 aliphatic carbocycles. The van der Waals surface area contributed by atoms with Gasteiger partial charge in [-0.3, -0.25) is 0 Å². The first-order valence-corrected chi connectivity index (χ1v) is 7.09. The van der Waals surface area contributed by atoms with Crippen molar-refractivity contribution in [2.45, 2.75) is 19.8 Å². The highest BCUT2D eigenvalue weighted by Crippen LogP contribution is 2.40. The van der Waals surface area contributed by atoms with E-state index in [0.717, 1.165) is 0 Å². The summed E-state index contributed by atoms with van der Waals surface area (Å²) in [7, 11) is 4.55. The van der Waals surface area contributed by atoms with Crippen LogP contribution in [0.4, 0.5) is 15.9 Å². The molecule has 23 heavy (non-hydrogen) atoms. The van der Waals surface area contributed by atoms with Gasteiger partial charge in [0.05, 0.1) is 27.0 Å². The van der Waals surface area contributed by atoms with Crippen molar-refractivity contribution in [1.29, 1.82) is 0 Å². The molecule has 124 valence electrons. The number of halogens is 1. The second-order valence-corrected chi connectivity index (χ2v) is 5.12. The van der Waals surface area contributed by atoms with E-state index in [1.807, 2.05) is 13.8 Å². The summed E-state index contributed by atoms with van der Waals surface area (Å²) < 4.78 is 30.3. The van der Waals surface area contributed by atoms with Crippen LogP contribution in [0.2, 0.25) is 0 Å². The highest BCUT2D eigenvalue weighted by molar-refractivity contribution is 5.66. The maximum atomic E-state index is 14.4. The van der Waals surface area contributed by atoms with Crippen molar-refractivity contribution in [2.75, 3.05) is 26.6 Å². The number of ether oxygens (including phenoxy) is 3. The Balaban J connectivity index is 2.43. The number of aromatic nitrogens is 2. The summed E-state index contributed by atoms with van der Waals surface area (Å²) in [5.41, 5.74) is 0.918. The van der Waals surface area contributed by atoms with Gasteiger partial charge in [-0.25, -0.2) is 14.4 Å². The number of rotatable bonds is 6. The Morgan fingerprint density at radius 2 is 1.61 bits per heavy atom. The molecule has 2 aromatic rings. The monoisotopic (exact) mass is 321 g/mol. The van der Waals surface area contributed by atoms with Gasteiger partial charge in [-0.1, -0.05) is 13.8 Å². The van der Waals surface area contributed by atoms with Crippen molar-refractivity contribution < 1.29 is 18.6 Å². The Bertz CT molecular complexity index is 667. The van der Waals surface area contributed by atoms with Gasteiger partial charge in [-0.05, 0) is 5.92 Å². The predicted molar refractivity (Wildman–Crippen MR) is 85.5 cm³/mol. The summed E-state index contributed by atoms with van der Waals surface area (Å²) in [5.74, 6) is 0.972. The predicted octanol–water partition coefficient (Wildman–Crippen LogP) is 3.51. The van der Waals surface area contributed by atoms with Crippen LogP contribution >= 0.6 is 0 Å². The molecule has 1 aromatic carbocycles. The molecule has 0 unspecified atom stereocenters.